The van der Waals surface area contributed by atoms with Gasteiger partial charge in [-0.1, -0.05) is 26.0 Å². The molecule has 0 aliphatic rings. The van der Waals surface area contributed by atoms with Crippen molar-refractivity contribution in [1.29, 1.82) is 0 Å². The third-order valence-electron chi connectivity index (χ3n) is 4.26. The molecule has 1 heterocycles. The van der Waals surface area contributed by atoms with Crippen LogP contribution in [0.2, 0.25) is 0 Å². The predicted molar refractivity (Wildman–Crippen MR) is 110 cm³/mol. The monoisotopic (exact) mass is 411 g/mol. The van der Waals surface area contributed by atoms with Crippen LogP contribution < -0.4 is 20.1 Å². The van der Waals surface area contributed by atoms with Crippen LogP contribution in [0.5, 0.6) is 11.5 Å². The second-order valence-electron chi connectivity index (χ2n) is 6.83. The van der Waals surface area contributed by atoms with Crippen molar-refractivity contribution in [2.24, 2.45) is 4.99 Å². The van der Waals surface area contributed by atoms with Gasteiger partial charge in [-0.3, -0.25) is 4.99 Å². The number of aliphatic imine (C=N–C) groups is 1. The highest BCUT2D eigenvalue weighted by molar-refractivity contribution is 7.10. The van der Waals surface area contributed by atoms with Gasteiger partial charge in [-0.2, -0.15) is 8.78 Å². The molecule has 0 radical (unpaired) electrons. The van der Waals surface area contributed by atoms with Crippen molar-refractivity contribution >= 4 is 17.3 Å². The first-order chi connectivity index (χ1) is 13.4. The van der Waals surface area contributed by atoms with Gasteiger partial charge in [0.1, 0.15) is 0 Å². The molecule has 2 N–H and O–H groups in total. The van der Waals surface area contributed by atoms with Crippen LogP contribution in [0.4, 0.5) is 8.78 Å². The fraction of sp³-hybridized carbons (Fsp3) is 0.450. The quantitative estimate of drug-likeness (QED) is 0.483. The van der Waals surface area contributed by atoms with Gasteiger partial charge in [0, 0.05) is 30.4 Å². The van der Waals surface area contributed by atoms with Crippen molar-refractivity contribution in [3.63, 3.8) is 0 Å². The number of methoxy groups -OCH3 is 1. The Labute approximate surface area is 168 Å². The number of nitrogens with one attached hydrogen (secondary N) is 2. The molecule has 5 nitrogen and oxygen atoms in total. The number of hydrogen-bond donors (Lipinski definition) is 2. The van der Waals surface area contributed by atoms with Gasteiger partial charge in [0.15, 0.2) is 17.5 Å². The summed E-state index contributed by atoms with van der Waals surface area (Å²) in [5.74, 6) is 1.02. The molecule has 8 heteroatoms. The highest BCUT2D eigenvalue weighted by atomic mass is 32.1. The summed E-state index contributed by atoms with van der Waals surface area (Å²) in [5.41, 5.74) is 0.849. The lowest BCUT2D eigenvalue weighted by Gasteiger charge is -2.25. The minimum absolute atomic E-state index is 0.0106. The highest BCUT2D eigenvalue weighted by Gasteiger charge is 2.21. The first-order valence-corrected chi connectivity index (χ1v) is 9.84. The first kappa shape index (κ1) is 21.9. The molecule has 0 bridgehead atoms. The Morgan fingerprint density at radius 3 is 2.61 bits per heavy atom. The molecule has 0 aliphatic heterocycles. The molecular formula is C20H27F2N3O2S. The van der Waals surface area contributed by atoms with Crippen LogP contribution in [0.25, 0.3) is 0 Å². The maximum absolute atomic E-state index is 12.5. The Morgan fingerprint density at radius 1 is 1.21 bits per heavy atom. The van der Waals surface area contributed by atoms with E-state index in [1.54, 1.807) is 30.5 Å². The van der Waals surface area contributed by atoms with Gasteiger partial charge >= 0.3 is 6.61 Å². The number of alkyl halides is 2. The highest BCUT2D eigenvalue weighted by Crippen LogP contribution is 2.29. The molecule has 0 atom stereocenters. The van der Waals surface area contributed by atoms with Crippen molar-refractivity contribution in [3.8, 4) is 11.5 Å². The van der Waals surface area contributed by atoms with Crippen molar-refractivity contribution in [2.45, 2.75) is 32.3 Å². The molecule has 0 fully saturated rings. The van der Waals surface area contributed by atoms with Gasteiger partial charge in [0.05, 0.1) is 7.11 Å². The number of guanidine groups is 1. The lowest BCUT2D eigenvalue weighted by atomic mass is 9.91. The van der Waals surface area contributed by atoms with Crippen LogP contribution in [-0.2, 0) is 11.8 Å². The lowest BCUT2D eigenvalue weighted by Crippen LogP contribution is -2.43. The lowest BCUT2D eigenvalue weighted by molar-refractivity contribution is -0.0512. The van der Waals surface area contributed by atoms with Crippen LogP contribution in [0, 0.1) is 0 Å². The van der Waals surface area contributed by atoms with E-state index >= 15 is 0 Å². The molecule has 1 aromatic carbocycles. The molecule has 2 rings (SSSR count). The molecule has 2 aromatic rings. The fourth-order valence-electron chi connectivity index (χ4n) is 2.67. The second kappa shape index (κ2) is 10.3. The third-order valence-corrected chi connectivity index (χ3v) is 5.50. The van der Waals surface area contributed by atoms with Crippen LogP contribution >= 0.6 is 11.3 Å². The third kappa shape index (κ3) is 6.37. The van der Waals surface area contributed by atoms with E-state index in [9.17, 15) is 8.78 Å². The fourth-order valence-corrected chi connectivity index (χ4v) is 3.52. The maximum Gasteiger partial charge on any atom is 0.387 e. The van der Waals surface area contributed by atoms with Gasteiger partial charge in [-0.25, -0.2) is 0 Å². The summed E-state index contributed by atoms with van der Waals surface area (Å²) in [6.45, 7) is 2.81. The number of rotatable bonds is 9. The van der Waals surface area contributed by atoms with Crippen LogP contribution in [-0.4, -0.2) is 39.8 Å². The Hall–Kier alpha value is -2.35. The van der Waals surface area contributed by atoms with Gasteiger partial charge in [0.25, 0.3) is 0 Å². The molecule has 0 saturated carbocycles. The van der Waals surface area contributed by atoms with E-state index in [0.717, 1.165) is 12.1 Å². The Morgan fingerprint density at radius 2 is 2.00 bits per heavy atom. The molecule has 0 amide bonds. The van der Waals surface area contributed by atoms with Crippen molar-refractivity contribution in [2.75, 3.05) is 27.2 Å². The summed E-state index contributed by atoms with van der Waals surface area (Å²) in [6.07, 6.45) is 0.624. The maximum atomic E-state index is 12.5. The van der Waals surface area contributed by atoms with Gasteiger partial charge in [-0.15, -0.1) is 11.3 Å². The van der Waals surface area contributed by atoms with E-state index in [-0.39, 0.29) is 16.9 Å². The largest absolute Gasteiger partial charge is 0.493 e. The van der Waals surface area contributed by atoms with Gasteiger partial charge in [0.2, 0.25) is 0 Å². The number of hydrogen-bond acceptors (Lipinski definition) is 4. The minimum atomic E-state index is -2.89. The normalized spacial score (nSPS) is 12.2. The van der Waals surface area contributed by atoms with Crippen molar-refractivity contribution in [3.05, 3.63) is 46.2 Å². The summed E-state index contributed by atoms with van der Waals surface area (Å²) in [5, 5.41) is 8.66. The van der Waals surface area contributed by atoms with Crippen molar-refractivity contribution in [1.82, 2.24) is 10.6 Å². The van der Waals surface area contributed by atoms with Crippen LogP contribution in [0.1, 0.15) is 24.3 Å². The molecule has 154 valence electrons. The Bertz CT molecular complexity index is 765. The van der Waals surface area contributed by atoms with E-state index in [1.807, 2.05) is 6.07 Å². The minimum Gasteiger partial charge on any atom is -0.493 e. The SMILES string of the molecule is CN=C(NCCc1ccc(OC)c(OC(F)F)c1)NCC(C)(C)c1cccs1. The molecule has 0 unspecified atom stereocenters. The topological polar surface area (TPSA) is 54.9 Å². The summed E-state index contributed by atoms with van der Waals surface area (Å²) < 4.78 is 34.7. The van der Waals surface area contributed by atoms with E-state index < -0.39 is 6.61 Å². The Kier molecular flexibility index (Phi) is 8.04. The molecule has 1 aromatic heterocycles. The zero-order chi connectivity index (χ0) is 20.6. The molecule has 0 aliphatic carbocycles. The van der Waals surface area contributed by atoms with Crippen LogP contribution in [0.15, 0.2) is 40.7 Å². The molecule has 0 saturated heterocycles. The number of ether oxygens (including phenoxy) is 2. The summed E-state index contributed by atoms with van der Waals surface area (Å²) in [7, 11) is 3.14. The first-order valence-electron chi connectivity index (χ1n) is 8.96. The summed E-state index contributed by atoms with van der Waals surface area (Å²) >= 11 is 1.74. The summed E-state index contributed by atoms with van der Waals surface area (Å²) in [4.78, 5) is 5.55. The predicted octanol–water partition coefficient (Wildman–Crippen LogP) is 4.04. The van der Waals surface area contributed by atoms with Gasteiger partial charge in [-0.05, 0) is 35.6 Å². The van der Waals surface area contributed by atoms with Crippen LogP contribution in [0.3, 0.4) is 0 Å². The van der Waals surface area contributed by atoms with Crippen molar-refractivity contribution < 1.29 is 18.3 Å². The average molecular weight is 412 g/mol. The van der Waals surface area contributed by atoms with Gasteiger partial charge < -0.3 is 20.1 Å². The number of nitrogens with zero attached hydrogens (tertiary/aromatic N) is 1. The molecular weight excluding hydrogens is 384 g/mol. The smallest absolute Gasteiger partial charge is 0.387 e. The van der Waals surface area contributed by atoms with E-state index in [4.69, 9.17) is 4.74 Å². The molecule has 0 spiro atoms. The number of benzene rings is 1. The van der Waals surface area contributed by atoms with E-state index in [2.05, 4.69) is 51.7 Å². The Balaban J connectivity index is 1.87. The second-order valence-corrected chi connectivity index (χ2v) is 7.78. The summed E-state index contributed by atoms with van der Waals surface area (Å²) in [6, 6.07) is 9.21. The standard InChI is InChI=1S/C20H27F2N3O2S/c1-20(2,17-6-5-11-28-17)13-25-19(23-3)24-10-9-14-7-8-15(26-4)16(12-14)27-18(21)22/h5-8,11-12,18H,9-10,13H2,1-4H3,(H2,23,24,25). The molecule has 28 heavy (non-hydrogen) atoms. The zero-order valence-corrected chi connectivity index (χ0v) is 17.4. The van der Waals surface area contributed by atoms with E-state index in [1.165, 1.54) is 12.0 Å². The zero-order valence-electron chi connectivity index (χ0n) is 16.6. The number of thiophene rings is 1. The average Bonchev–Trinajstić information content (AvgIpc) is 3.20. The van der Waals surface area contributed by atoms with E-state index in [0.29, 0.717) is 18.9 Å². The number of halogens is 2.